The van der Waals surface area contributed by atoms with Gasteiger partial charge in [-0.25, -0.2) is 0 Å². The van der Waals surface area contributed by atoms with Crippen LogP contribution in [0, 0.1) is 0 Å². The van der Waals surface area contributed by atoms with E-state index in [4.69, 9.17) is 27.9 Å². The van der Waals surface area contributed by atoms with Crippen molar-refractivity contribution < 1.29 is 9.53 Å². The molecule has 0 aliphatic carbocycles. The number of halogens is 2. The van der Waals surface area contributed by atoms with Crippen LogP contribution < -0.4 is 0 Å². The third kappa shape index (κ3) is 3.77. The highest BCUT2D eigenvalue weighted by Gasteiger charge is 2.00. The molecule has 0 atom stereocenters. The molecule has 70 valence electrons. The lowest BCUT2D eigenvalue weighted by molar-refractivity contribution is -0.116. The highest BCUT2D eigenvalue weighted by Crippen LogP contribution is 2.15. The molecule has 0 saturated heterocycles. The molecule has 1 aromatic rings. The molecule has 1 rings (SSSR count). The molecule has 0 N–H and O–H groups in total. The van der Waals surface area contributed by atoms with Crippen LogP contribution in [0.2, 0.25) is 5.02 Å². The molecule has 13 heavy (non-hydrogen) atoms. The van der Waals surface area contributed by atoms with E-state index in [-0.39, 0.29) is 6.61 Å². The van der Waals surface area contributed by atoms with Gasteiger partial charge in [-0.05, 0) is 23.2 Å². The maximum atomic E-state index is 10.3. The number of carbonyl (C=O) groups excluding carboxylic acids is 1. The molecular weight excluding hydrogens is 211 g/mol. The van der Waals surface area contributed by atoms with Crippen LogP contribution in [-0.4, -0.2) is 11.8 Å². The van der Waals surface area contributed by atoms with E-state index in [9.17, 15) is 4.79 Å². The van der Waals surface area contributed by atoms with Crippen molar-refractivity contribution >= 4 is 28.4 Å². The van der Waals surface area contributed by atoms with Crippen molar-refractivity contribution in [3.8, 4) is 0 Å². The van der Waals surface area contributed by atoms with Gasteiger partial charge in [-0.1, -0.05) is 29.8 Å². The number of hydrogen-bond donors (Lipinski definition) is 0. The number of rotatable bonds is 4. The summed E-state index contributed by atoms with van der Waals surface area (Å²) in [5, 5.41) is 0.122. The lowest BCUT2D eigenvalue weighted by Gasteiger charge is -2.02. The second kappa shape index (κ2) is 5.22. The minimum Gasteiger partial charge on any atom is -0.368 e. The molecule has 0 bridgehead atoms. The van der Waals surface area contributed by atoms with Crippen molar-refractivity contribution in [3.05, 3.63) is 34.9 Å². The Labute approximate surface area is 86.4 Å². The summed E-state index contributed by atoms with van der Waals surface area (Å²) in [5.74, 6) is 0. The van der Waals surface area contributed by atoms with Crippen LogP contribution >= 0.6 is 23.2 Å². The lowest BCUT2D eigenvalue weighted by Crippen LogP contribution is -2.01. The van der Waals surface area contributed by atoms with E-state index in [1.54, 1.807) is 6.07 Å². The summed E-state index contributed by atoms with van der Waals surface area (Å²) in [4.78, 5) is 10.3. The first-order chi connectivity index (χ1) is 6.20. The van der Waals surface area contributed by atoms with Crippen molar-refractivity contribution in [2.45, 2.75) is 6.61 Å². The van der Waals surface area contributed by atoms with Crippen LogP contribution in [0.4, 0.5) is 0 Å². The molecule has 0 aliphatic heterocycles. The zero-order valence-corrected chi connectivity index (χ0v) is 8.31. The van der Waals surface area contributed by atoms with E-state index in [1.807, 2.05) is 18.2 Å². The smallest absolute Gasteiger partial charge is 0.247 e. The zero-order chi connectivity index (χ0) is 9.68. The van der Waals surface area contributed by atoms with Crippen LogP contribution in [0.5, 0.6) is 0 Å². The van der Waals surface area contributed by atoms with E-state index < -0.39 is 5.24 Å². The van der Waals surface area contributed by atoms with Gasteiger partial charge in [-0.15, -0.1) is 0 Å². The second-order valence-electron chi connectivity index (χ2n) is 2.44. The fourth-order valence-corrected chi connectivity index (χ4v) is 1.12. The van der Waals surface area contributed by atoms with Crippen molar-refractivity contribution in [3.63, 3.8) is 0 Å². The van der Waals surface area contributed by atoms with Crippen molar-refractivity contribution in [1.29, 1.82) is 0 Å². The first kappa shape index (κ1) is 10.5. The van der Waals surface area contributed by atoms with Gasteiger partial charge in [0.25, 0.3) is 0 Å². The van der Waals surface area contributed by atoms with Crippen LogP contribution in [0.1, 0.15) is 5.56 Å². The maximum Gasteiger partial charge on any atom is 0.247 e. The van der Waals surface area contributed by atoms with Crippen molar-refractivity contribution in [1.82, 2.24) is 0 Å². The third-order valence-electron chi connectivity index (χ3n) is 1.43. The molecule has 0 saturated carbocycles. The summed E-state index contributed by atoms with van der Waals surface area (Å²) >= 11 is 10.9. The fourth-order valence-electron chi connectivity index (χ4n) is 0.857. The summed E-state index contributed by atoms with van der Waals surface area (Å²) in [6.07, 6.45) is 0. The van der Waals surface area contributed by atoms with Crippen LogP contribution in [-0.2, 0) is 16.1 Å². The minimum absolute atomic E-state index is 0.0905. The summed E-state index contributed by atoms with van der Waals surface area (Å²) in [5.41, 5.74) is 0.849. The predicted octanol–water partition coefficient (Wildman–Crippen LogP) is 2.62. The Morgan fingerprint density at radius 2 is 2.08 bits per heavy atom. The van der Waals surface area contributed by atoms with Gasteiger partial charge in [0, 0.05) is 5.02 Å². The SMILES string of the molecule is O=C(Cl)COCc1ccccc1Cl. The van der Waals surface area contributed by atoms with E-state index in [0.29, 0.717) is 11.6 Å². The standard InChI is InChI=1S/C9H8Cl2O2/c10-8-4-2-1-3-7(8)5-13-6-9(11)12/h1-4H,5-6H2. The van der Waals surface area contributed by atoms with E-state index in [0.717, 1.165) is 5.56 Å². The predicted molar refractivity (Wildman–Crippen MR) is 52.0 cm³/mol. The third-order valence-corrected chi connectivity index (χ3v) is 1.91. The molecule has 0 aromatic heterocycles. The summed E-state index contributed by atoms with van der Waals surface area (Å²) in [6.45, 7) is 0.213. The molecule has 0 unspecified atom stereocenters. The molecule has 0 amide bonds. The Hall–Kier alpha value is -0.570. The molecule has 0 radical (unpaired) electrons. The average Bonchev–Trinajstić information content (AvgIpc) is 2.08. The molecule has 4 heteroatoms. The normalized spacial score (nSPS) is 10.0. The Morgan fingerprint density at radius 3 is 2.69 bits per heavy atom. The van der Waals surface area contributed by atoms with Crippen LogP contribution in [0.15, 0.2) is 24.3 Å². The highest BCUT2D eigenvalue weighted by molar-refractivity contribution is 6.63. The maximum absolute atomic E-state index is 10.3. The largest absolute Gasteiger partial charge is 0.368 e. The molecule has 1 aromatic carbocycles. The first-order valence-corrected chi connectivity index (χ1v) is 4.45. The van der Waals surface area contributed by atoms with Gasteiger partial charge in [0.15, 0.2) is 0 Å². The van der Waals surface area contributed by atoms with Gasteiger partial charge >= 0.3 is 0 Å². The van der Waals surface area contributed by atoms with Crippen molar-refractivity contribution in [2.24, 2.45) is 0 Å². The Kier molecular flexibility index (Phi) is 4.22. The molecule has 0 fully saturated rings. The minimum atomic E-state index is -0.507. The van der Waals surface area contributed by atoms with E-state index in [2.05, 4.69) is 0 Å². The van der Waals surface area contributed by atoms with Crippen LogP contribution in [0.25, 0.3) is 0 Å². The van der Waals surface area contributed by atoms with E-state index in [1.165, 1.54) is 0 Å². The molecule has 0 spiro atoms. The number of benzene rings is 1. The van der Waals surface area contributed by atoms with Gasteiger partial charge < -0.3 is 4.74 Å². The summed E-state index contributed by atoms with van der Waals surface area (Å²) < 4.78 is 5.00. The van der Waals surface area contributed by atoms with Gasteiger partial charge in [-0.3, -0.25) is 4.79 Å². The zero-order valence-electron chi connectivity index (χ0n) is 6.80. The van der Waals surface area contributed by atoms with Gasteiger partial charge in [0.2, 0.25) is 5.24 Å². The second-order valence-corrected chi connectivity index (χ2v) is 3.27. The average molecular weight is 219 g/mol. The molecule has 0 heterocycles. The lowest BCUT2D eigenvalue weighted by atomic mass is 10.2. The number of carbonyl (C=O) groups is 1. The molecule has 2 nitrogen and oxygen atoms in total. The topological polar surface area (TPSA) is 26.3 Å². The monoisotopic (exact) mass is 218 g/mol. The Balaban J connectivity index is 2.45. The van der Waals surface area contributed by atoms with E-state index >= 15 is 0 Å². The number of hydrogen-bond acceptors (Lipinski definition) is 2. The first-order valence-electron chi connectivity index (χ1n) is 3.69. The van der Waals surface area contributed by atoms with Crippen molar-refractivity contribution in [2.75, 3.05) is 6.61 Å². The highest BCUT2D eigenvalue weighted by atomic mass is 35.5. The Morgan fingerprint density at radius 1 is 1.38 bits per heavy atom. The molecule has 0 aliphatic rings. The van der Waals surface area contributed by atoms with Crippen LogP contribution in [0.3, 0.4) is 0 Å². The summed E-state index contributed by atoms with van der Waals surface area (Å²) in [7, 11) is 0. The Bertz CT molecular complexity index is 299. The fraction of sp³-hybridized carbons (Fsp3) is 0.222. The quantitative estimate of drug-likeness (QED) is 0.727. The molecular formula is C9H8Cl2O2. The van der Waals surface area contributed by atoms with Gasteiger partial charge in [0.1, 0.15) is 6.61 Å². The van der Waals surface area contributed by atoms with Gasteiger partial charge in [0.05, 0.1) is 6.61 Å². The summed E-state index contributed by atoms with van der Waals surface area (Å²) in [6, 6.07) is 7.29. The number of ether oxygens (including phenoxy) is 1. The van der Waals surface area contributed by atoms with Gasteiger partial charge in [-0.2, -0.15) is 0 Å².